The summed E-state index contributed by atoms with van der Waals surface area (Å²) >= 11 is 0. The Morgan fingerprint density at radius 3 is 2.74 bits per heavy atom. The van der Waals surface area contributed by atoms with Gasteiger partial charge >= 0.3 is 0 Å². The maximum atomic E-state index is 13.2. The Balaban J connectivity index is 1.62. The Morgan fingerprint density at radius 1 is 1.30 bits per heavy atom. The van der Waals surface area contributed by atoms with Gasteiger partial charge in [-0.2, -0.15) is 4.98 Å². The minimum Gasteiger partial charge on any atom is -0.381 e. The van der Waals surface area contributed by atoms with Crippen LogP contribution in [0.2, 0.25) is 0 Å². The van der Waals surface area contributed by atoms with Gasteiger partial charge in [0.25, 0.3) is 0 Å². The van der Waals surface area contributed by atoms with Crippen molar-refractivity contribution in [2.75, 3.05) is 26.3 Å². The average molecular weight is 373 g/mol. The van der Waals surface area contributed by atoms with Crippen LogP contribution < -0.4 is 0 Å². The van der Waals surface area contributed by atoms with Gasteiger partial charge in [0.05, 0.1) is 5.92 Å². The van der Waals surface area contributed by atoms with Crippen LogP contribution in [0.4, 0.5) is 4.39 Å². The summed E-state index contributed by atoms with van der Waals surface area (Å²) in [6, 6.07) is 6.04. The summed E-state index contributed by atoms with van der Waals surface area (Å²) in [7, 11) is 0. The molecule has 7 heteroatoms. The van der Waals surface area contributed by atoms with Gasteiger partial charge in [0.1, 0.15) is 5.82 Å². The third-order valence-electron chi connectivity index (χ3n) is 5.80. The Hall–Kier alpha value is -2.28. The number of halogens is 1. The van der Waals surface area contributed by atoms with E-state index in [2.05, 4.69) is 10.1 Å². The highest BCUT2D eigenvalue weighted by Gasteiger charge is 2.51. The van der Waals surface area contributed by atoms with E-state index < -0.39 is 0 Å². The molecule has 0 radical (unpaired) electrons. The molecule has 0 aliphatic carbocycles. The Morgan fingerprint density at radius 2 is 2.04 bits per heavy atom. The maximum Gasteiger partial charge on any atom is 0.232 e. The minimum atomic E-state index is -0.301. The molecule has 1 aromatic heterocycles. The average Bonchev–Trinajstić information content (AvgIpc) is 3.29. The fraction of sp³-hybridized carbons (Fsp3) is 0.550. The lowest BCUT2D eigenvalue weighted by atomic mass is 9.72. The minimum absolute atomic E-state index is 0.00362. The summed E-state index contributed by atoms with van der Waals surface area (Å²) in [5.41, 5.74) is 0.637. The number of likely N-dealkylation sites (tertiary alicyclic amines) is 1. The standard InChI is InChI=1S/C20H24FN3O3/c1-2-3-17(25)24-12-16(20(13-24)8-10-26-11-9-20)19-22-18(23-27-19)14-4-6-15(21)7-5-14/h4-7,16H,2-3,8-13H2,1H3/t16-/m0/s1. The molecule has 27 heavy (non-hydrogen) atoms. The topological polar surface area (TPSA) is 68.5 Å². The van der Waals surface area contributed by atoms with E-state index in [1.807, 2.05) is 11.8 Å². The molecule has 0 N–H and O–H groups in total. The molecule has 4 rings (SSSR count). The third kappa shape index (κ3) is 3.48. The van der Waals surface area contributed by atoms with Gasteiger partial charge in [-0.3, -0.25) is 4.79 Å². The fourth-order valence-corrected chi connectivity index (χ4v) is 4.25. The third-order valence-corrected chi connectivity index (χ3v) is 5.80. The van der Waals surface area contributed by atoms with Crippen molar-refractivity contribution in [2.24, 2.45) is 5.41 Å². The first-order valence-corrected chi connectivity index (χ1v) is 9.56. The van der Waals surface area contributed by atoms with Gasteiger partial charge in [0.15, 0.2) is 0 Å². The number of rotatable bonds is 4. The van der Waals surface area contributed by atoms with Crippen molar-refractivity contribution in [2.45, 2.75) is 38.5 Å². The highest BCUT2D eigenvalue weighted by Crippen LogP contribution is 2.49. The molecule has 0 bridgehead atoms. The number of amides is 1. The van der Waals surface area contributed by atoms with Crippen LogP contribution in [0.5, 0.6) is 0 Å². The van der Waals surface area contributed by atoms with E-state index in [1.54, 1.807) is 12.1 Å². The number of aromatic nitrogens is 2. The summed E-state index contributed by atoms with van der Waals surface area (Å²) in [6.45, 7) is 4.71. The van der Waals surface area contributed by atoms with Crippen molar-refractivity contribution in [3.05, 3.63) is 36.0 Å². The highest BCUT2D eigenvalue weighted by molar-refractivity contribution is 5.76. The van der Waals surface area contributed by atoms with E-state index >= 15 is 0 Å². The molecule has 144 valence electrons. The first kappa shape index (κ1) is 18.1. The summed E-state index contributed by atoms with van der Waals surface area (Å²) in [5.74, 6) is 0.895. The number of carbonyl (C=O) groups is 1. The van der Waals surface area contributed by atoms with Crippen LogP contribution in [-0.2, 0) is 9.53 Å². The predicted octanol–water partition coefficient (Wildman–Crippen LogP) is 3.40. The van der Waals surface area contributed by atoms with Crippen molar-refractivity contribution in [3.63, 3.8) is 0 Å². The van der Waals surface area contributed by atoms with Gasteiger partial charge in [-0.1, -0.05) is 12.1 Å². The smallest absolute Gasteiger partial charge is 0.232 e. The molecule has 1 spiro atoms. The number of hydrogen-bond donors (Lipinski definition) is 0. The first-order valence-electron chi connectivity index (χ1n) is 9.56. The van der Waals surface area contributed by atoms with Crippen molar-refractivity contribution >= 4 is 5.91 Å². The molecule has 2 aliphatic heterocycles. The molecule has 3 heterocycles. The van der Waals surface area contributed by atoms with Crippen molar-refractivity contribution in [1.29, 1.82) is 0 Å². The quantitative estimate of drug-likeness (QED) is 0.822. The number of hydrogen-bond acceptors (Lipinski definition) is 5. The maximum absolute atomic E-state index is 13.2. The largest absolute Gasteiger partial charge is 0.381 e. The van der Waals surface area contributed by atoms with E-state index in [9.17, 15) is 9.18 Å². The second-order valence-electron chi connectivity index (χ2n) is 7.51. The second kappa shape index (κ2) is 7.38. The van der Waals surface area contributed by atoms with Crippen molar-refractivity contribution in [3.8, 4) is 11.4 Å². The number of benzene rings is 1. The zero-order valence-corrected chi connectivity index (χ0v) is 15.5. The molecule has 1 amide bonds. The number of nitrogens with zero attached hydrogens (tertiary/aromatic N) is 3. The van der Waals surface area contributed by atoms with Crippen LogP contribution in [0.15, 0.2) is 28.8 Å². The fourth-order valence-electron chi connectivity index (χ4n) is 4.25. The van der Waals surface area contributed by atoms with Crippen molar-refractivity contribution in [1.82, 2.24) is 15.0 Å². The Kier molecular flexibility index (Phi) is 4.95. The number of carbonyl (C=O) groups excluding carboxylic acids is 1. The molecular weight excluding hydrogens is 349 g/mol. The molecule has 0 saturated carbocycles. The number of ether oxygens (including phenoxy) is 1. The van der Waals surface area contributed by atoms with E-state index in [0.29, 0.717) is 50.0 Å². The lowest BCUT2D eigenvalue weighted by Gasteiger charge is -2.36. The summed E-state index contributed by atoms with van der Waals surface area (Å²) in [4.78, 5) is 19.0. The van der Waals surface area contributed by atoms with Crippen LogP contribution in [0.3, 0.4) is 0 Å². The second-order valence-corrected chi connectivity index (χ2v) is 7.51. The first-order chi connectivity index (χ1) is 13.1. The van der Waals surface area contributed by atoms with Gasteiger partial charge < -0.3 is 14.2 Å². The van der Waals surface area contributed by atoms with Crippen LogP contribution in [-0.4, -0.2) is 47.3 Å². The summed E-state index contributed by atoms with van der Waals surface area (Å²) in [5, 5.41) is 4.10. The van der Waals surface area contributed by atoms with Gasteiger partial charge in [0, 0.05) is 43.7 Å². The van der Waals surface area contributed by atoms with Gasteiger partial charge in [-0.25, -0.2) is 4.39 Å². The van der Waals surface area contributed by atoms with Gasteiger partial charge in [-0.05, 0) is 43.5 Å². The van der Waals surface area contributed by atoms with Crippen LogP contribution >= 0.6 is 0 Å². The Bertz CT molecular complexity index is 799. The summed E-state index contributed by atoms with van der Waals surface area (Å²) in [6.07, 6.45) is 3.15. The highest BCUT2D eigenvalue weighted by atomic mass is 19.1. The van der Waals surface area contributed by atoms with Crippen LogP contribution in [0, 0.1) is 11.2 Å². The Labute approximate surface area is 157 Å². The molecule has 1 aromatic carbocycles. The van der Waals surface area contributed by atoms with E-state index in [1.165, 1.54) is 12.1 Å². The summed E-state index contributed by atoms with van der Waals surface area (Å²) < 4.78 is 24.3. The molecule has 2 saturated heterocycles. The lowest BCUT2D eigenvalue weighted by molar-refractivity contribution is -0.130. The lowest BCUT2D eigenvalue weighted by Crippen LogP contribution is -2.37. The molecule has 2 aliphatic rings. The van der Waals surface area contributed by atoms with E-state index in [-0.39, 0.29) is 23.1 Å². The molecule has 1 atom stereocenters. The molecule has 0 unspecified atom stereocenters. The molecule has 2 aromatic rings. The monoisotopic (exact) mass is 373 g/mol. The predicted molar refractivity (Wildman–Crippen MR) is 96.4 cm³/mol. The SMILES string of the molecule is CCCC(=O)N1C[C@@H](c2nc(-c3ccc(F)cc3)no2)C2(CCOCC2)C1. The zero-order chi connectivity index (χ0) is 18.9. The van der Waals surface area contributed by atoms with Gasteiger partial charge in [0.2, 0.25) is 17.6 Å². The van der Waals surface area contributed by atoms with Gasteiger partial charge in [-0.15, -0.1) is 0 Å². The van der Waals surface area contributed by atoms with Crippen LogP contribution in [0.25, 0.3) is 11.4 Å². The van der Waals surface area contributed by atoms with Crippen molar-refractivity contribution < 1.29 is 18.4 Å². The van der Waals surface area contributed by atoms with E-state index in [4.69, 9.17) is 9.26 Å². The molecule has 2 fully saturated rings. The molecule has 6 nitrogen and oxygen atoms in total. The van der Waals surface area contributed by atoms with E-state index in [0.717, 1.165) is 19.3 Å². The normalized spacial score (nSPS) is 21.7. The molecular formula is C20H24FN3O3. The zero-order valence-electron chi connectivity index (χ0n) is 15.5. The van der Waals surface area contributed by atoms with Crippen LogP contribution in [0.1, 0.15) is 44.4 Å².